The molecule has 1 fully saturated rings. The molecule has 5 heteroatoms. The zero-order valence-corrected chi connectivity index (χ0v) is 40.8. The average Bonchev–Trinajstić information content (AvgIpc) is 3.24. The van der Waals surface area contributed by atoms with Crippen LogP contribution in [0.15, 0.2) is 0 Å². The van der Waals surface area contributed by atoms with Crippen molar-refractivity contribution in [1.82, 2.24) is 10.2 Å². The zero-order chi connectivity index (χ0) is 42.7. The van der Waals surface area contributed by atoms with E-state index in [-0.39, 0.29) is 11.9 Å². The highest BCUT2D eigenvalue weighted by molar-refractivity contribution is 5.72. The second kappa shape index (κ2) is 44.0. The number of carbonyl (C=O) groups excluding carboxylic acids is 1. The highest BCUT2D eigenvalue weighted by Gasteiger charge is 2.25. The van der Waals surface area contributed by atoms with Gasteiger partial charge in [0.1, 0.15) is 0 Å². The summed E-state index contributed by atoms with van der Waals surface area (Å²) in [4.78, 5) is 15.8. The van der Waals surface area contributed by atoms with Gasteiger partial charge in [0.05, 0.1) is 12.5 Å². The number of aliphatic hydroxyl groups is 1. The molecule has 0 aromatic carbocycles. The molecule has 0 aromatic rings. The maximum atomic E-state index is 13.0. The Morgan fingerprint density at radius 2 is 0.864 bits per heavy atom. The van der Waals surface area contributed by atoms with Crippen LogP contribution in [0, 0.1) is 11.8 Å². The van der Waals surface area contributed by atoms with Crippen LogP contribution in [-0.4, -0.2) is 60.9 Å². The van der Waals surface area contributed by atoms with E-state index in [2.05, 4.69) is 37.9 Å². The predicted molar refractivity (Wildman–Crippen MR) is 260 cm³/mol. The molecule has 1 aliphatic rings. The van der Waals surface area contributed by atoms with Gasteiger partial charge in [-0.05, 0) is 63.8 Å². The summed E-state index contributed by atoms with van der Waals surface area (Å²) in [5, 5.41) is 13.4. The third kappa shape index (κ3) is 35.5. The van der Waals surface area contributed by atoms with Crippen LogP contribution >= 0.6 is 0 Å². The van der Waals surface area contributed by atoms with Crippen LogP contribution in [0.4, 0.5) is 0 Å². The third-order valence-electron chi connectivity index (χ3n) is 13.7. The number of rotatable bonds is 46. The summed E-state index contributed by atoms with van der Waals surface area (Å²) < 4.78 is 5.87. The molecule has 0 bridgehead atoms. The van der Waals surface area contributed by atoms with E-state index in [1.807, 2.05) is 0 Å². The Hall–Kier alpha value is -0.650. The van der Waals surface area contributed by atoms with Gasteiger partial charge in [-0.1, -0.05) is 233 Å². The lowest BCUT2D eigenvalue weighted by Gasteiger charge is -2.39. The van der Waals surface area contributed by atoms with E-state index < -0.39 is 0 Å². The minimum absolute atomic E-state index is 0.0876. The molecule has 1 saturated heterocycles. The van der Waals surface area contributed by atoms with Crippen molar-refractivity contribution in [2.45, 2.75) is 297 Å². The molecule has 0 aliphatic carbocycles. The maximum absolute atomic E-state index is 13.0. The molecule has 2 N–H and O–H groups in total. The Kier molecular flexibility index (Phi) is 42.0. The van der Waals surface area contributed by atoms with E-state index in [1.54, 1.807) is 0 Å². The number of esters is 1. The van der Waals surface area contributed by atoms with Gasteiger partial charge in [-0.2, -0.15) is 0 Å². The minimum Gasteiger partial charge on any atom is -0.465 e. The molecular formula is C54H108N2O3. The fraction of sp³-hybridized carbons (Fsp3) is 0.981. The SMILES string of the molecule is CCCCCCCCC(CCCCCC)CCCCCCCC1CN(CCCCCO)CC(CCCCCCCOC(=O)C(CCCCCC)CCCCCCCC)N1. The monoisotopic (exact) mass is 833 g/mol. The second-order valence-corrected chi connectivity index (χ2v) is 19.5. The van der Waals surface area contributed by atoms with E-state index >= 15 is 0 Å². The number of nitrogens with zero attached hydrogens (tertiary/aromatic N) is 1. The number of unbranched alkanes of at least 4 members (excludes halogenated alkanes) is 26. The molecule has 352 valence electrons. The smallest absolute Gasteiger partial charge is 0.308 e. The van der Waals surface area contributed by atoms with Gasteiger partial charge >= 0.3 is 5.97 Å². The van der Waals surface area contributed by atoms with Crippen molar-refractivity contribution in [2.75, 3.05) is 32.8 Å². The van der Waals surface area contributed by atoms with Gasteiger partial charge in [0.2, 0.25) is 0 Å². The van der Waals surface area contributed by atoms with Crippen LogP contribution in [-0.2, 0) is 9.53 Å². The summed E-state index contributed by atoms with van der Waals surface area (Å²) in [5.74, 6) is 1.19. The molecule has 0 radical (unpaired) electrons. The predicted octanol–water partition coefficient (Wildman–Crippen LogP) is 16.1. The van der Waals surface area contributed by atoms with Crippen LogP contribution in [0.3, 0.4) is 0 Å². The quantitative estimate of drug-likeness (QED) is 0.0473. The van der Waals surface area contributed by atoms with Crippen molar-refractivity contribution in [3.05, 3.63) is 0 Å². The van der Waals surface area contributed by atoms with Crippen molar-refractivity contribution in [3.8, 4) is 0 Å². The minimum atomic E-state index is 0.0876. The van der Waals surface area contributed by atoms with Gasteiger partial charge in [-0.15, -0.1) is 0 Å². The molecule has 1 heterocycles. The number of piperazine rings is 1. The number of nitrogens with one attached hydrogen (secondary N) is 1. The standard InChI is InChI=1S/C54H108N2O3/c1-5-9-13-17-21-29-39-50(38-28-15-11-7-3)40-30-22-19-24-33-43-52-48-56(45-35-27-36-46-57)49-53(55-52)44-34-25-20-26-37-47-59-54(58)51(41-31-16-12-8-4)42-32-23-18-14-10-6-2/h50-53,55,57H,5-49H2,1-4H3. The molecule has 4 atom stereocenters. The molecule has 1 rings (SSSR count). The fourth-order valence-corrected chi connectivity index (χ4v) is 9.84. The molecule has 0 saturated carbocycles. The first-order valence-corrected chi connectivity index (χ1v) is 27.3. The summed E-state index contributed by atoms with van der Waals surface area (Å²) >= 11 is 0. The lowest BCUT2D eigenvalue weighted by atomic mass is 9.89. The van der Waals surface area contributed by atoms with Crippen LogP contribution in [0.2, 0.25) is 0 Å². The summed E-state index contributed by atoms with van der Waals surface area (Å²) in [6.45, 7) is 13.7. The summed E-state index contributed by atoms with van der Waals surface area (Å²) in [6, 6.07) is 1.23. The van der Waals surface area contributed by atoms with E-state index in [0.29, 0.717) is 25.3 Å². The third-order valence-corrected chi connectivity index (χ3v) is 13.7. The summed E-state index contributed by atoms with van der Waals surface area (Å²) in [6.07, 6.45) is 52.3. The molecular weight excluding hydrogens is 725 g/mol. The average molecular weight is 833 g/mol. The molecule has 59 heavy (non-hydrogen) atoms. The van der Waals surface area contributed by atoms with Crippen molar-refractivity contribution < 1.29 is 14.6 Å². The van der Waals surface area contributed by atoms with Gasteiger partial charge in [-0.25, -0.2) is 0 Å². The van der Waals surface area contributed by atoms with Gasteiger partial charge < -0.3 is 20.1 Å². The van der Waals surface area contributed by atoms with E-state index in [0.717, 1.165) is 38.0 Å². The number of aliphatic hydroxyl groups excluding tert-OH is 1. The van der Waals surface area contributed by atoms with Gasteiger partial charge in [0, 0.05) is 31.8 Å². The molecule has 1 aliphatic heterocycles. The topological polar surface area (TPSA) is 61.8 Å². The van der Waals surface area contributed by atoms with Gasteiger partial charge in [0.15, 0.2) is 0 Å². The molecule has 4 unspecified atom stereocenters. The van der Waals surface area contributed by atoms with Crippen LogP contribution < -0.4 is 5.32 Å². The Labute approximate surface area is 370 Å². The fourth-order valence-electron chi connectivity index (χ4n) is 9.84. The normalized spacial score (nSPS) is 17.1. The first kappa shape index (κ1) is 56.4. The molecule has 0 spiro atoms. The largest absolute Gasteiger partial charge is 0.465 e. The Morgan fingerprint density at radius 3 is 1.32 bits per heavy atom. The van der Waals surface area contributed by atoms with Crippen molar-refractivity contribution >= 4 is 5.97 Å². The van der Waals surface area contributed by atoms with E-state index in [4.69, 9.17) is 4.74 Å². The summed E-state index contributed by atoms with van der Waals surface area (Å²) in [5.41, 5.74) is 0. The number of hydrogen-bond donors (Lipinski definition) is 2. The number of hydrogen-bond acceptors (Lipinski definition) is 5. The van der Waals surface area contributed by atoms with Crippen LogP contribution in [0.5, 0.6) is 0 Å². The first-order chi connectivity index (χ1) is 29.1. The Morgan fingerprint density at radius 1 is 0.492 bits per heavy atom. The highest BCUT2D eigenvalue weighted by atomic mass is 16.5. The van der Waals surface area contributed by atoms with Crippen molar-refractivity contribution in [2.24, 2.45) is 11.8 Å². The number of ether oxygens (including phenoxy) is 1. The zero-order valence-electron chi connectivity index (χ0n) is 40.8. The van der Waals surface area contributed by atoms with Crippen molar-refractivity contribution in [3.63, 3.8) is 0 Å². The number of carbonyl (C=O) groups is 1. The molecule has 5 nitrogen and oxygen atoms in total. The summed E-state index contributed by atoms with van der Waals surface area (Å²) in [7, 11) is 0. The van der Waals surface area contributed by atoms with Crippen molar-refractivity contribution in [1.29, 1.82) is 0 Å². The van der Waals surface area contributed by atoms with Gasteiger partial charge in [-0.3, -0.25) is 4.79 Å². The van der Waals surface area contributed by atoms with E-state index in [9.17, 15) is 9.90 Å². The lowest BCUT2D eigenvalue weighted by Crippen LogP contribution is -2.56. The second-order valence-electron chi connectivity index (χ2n) is 19.5. The highest BCUT2D eigenvalue weighted by Crippen LogP contribution is 2.26. The Bertz CT molecular complexity index is 853. The molecule has 0 amide bonds. The van der Waals surface area contributed by atoms with Crippen LogP contribution in [0.1, 0.15) is 285 Å². The van der Waals surface area contributed by atoms with Crippen LogP contribution in [0.25, 0.3) is 0 Å². The maximum Gasteiger partial charge on any atom is 0.308 e. The first-order valence-electron chi connectivity index (χ1n) is 27.3. The molecule has 0 aromatic heterocycles. The van der Waals surface area contributed by atoms with E-state index in [1.165, 1.54) is 244 Å². The lowest BCUT2D eigenvalue weighted by molar-refractivity contribution is -0.149. The van der Waals surface area contributed by atoms with Gasteiger partial charge in [0.25, 0.3) is 0 Å². The Balaban J connectivity index is 2.36.